The largest absolute Gasteiger partial charge is 0.507 e. The lowest BCUT2D eigenvalue weighted by Gasteiger charge is -2.38. The zero-order valence-corrected chi connectivity index (χ0v) is 15.6. The summed E-state index contributed by atoms with van der Waals surface area (Å²) in [6.45, 7) is 4.31. The number of hydrogen-bond acceptors (Lipinski definition) is 6. The van der Waals surface area contributed by atoms with Crippen molar-refractivity contribution in [2.75, 3.05) is 24.5 Å². The van der Waals surface area contributed by atoms with Gasteiger partial charge in [-0.05, 0) is 56.8 Å². The van der Waals surface area contributed by atoms with Crippen LogP contribution in [0, 0.1) is 6.92 Å². The van der Waals surface area contributed by atoms with Gasteiger partial charge in [0.05, 0.1) is 16.8 Å². The SMILES string of the molecule is Cc1cc(C(F)(F)F)cc(O)c1-c1nnc2c(n1)CCCN2[C@@H]1CCCNC1. The Morgan fingerprint density at radius 2 is 2.04 bits per heavy atom. The first-order valence-corrected chi connectivity index (χ1v) is 9.46. The summed E-state index contributed by atoms with van der Waals surface area (Å²) >= 11 is 0. The quantitative estimate of drug-likeness (QED) is 0.817. The maximum atomic E-state index is 13.0. The Labute approximate surface area is 160 Å². The maximum Gasteiger partial charge on any atom is 0.416 e. The van der Waals surface area contributed by atoms with Crippen molar-refractivity contribution in [3.05, 3.63) is 29.0 Å². The van der Waals surface area contributed by atoms with E-state index in [0.29, 0.717) is 12.1 Å². The minimum absolute atomic E-state index is 0.158. The van der Waals surface area contributed by atoms with Crippen molar-refractivity contribution in [2.45, 2.75) is 44.8 Å². The molecule has 0 bridgehead atoms. The Morgan fingerprint density at radius 3 is 2.71 bits per heavy atom. The predicted octanol–water partition coefficient (Wildman–Crippen LogP) is 3.08. The van der Waals surface area contributed by atoms with Gasteiger partial charge in [-0.1, -0.05) is 0 Å². The zero-order chi connectivity index (χ0) is 19.9. The van der Waals surface area contributed by atoms with Crippen LogP contribution in [0.3, 0.4) is 0 Å². The molecule has 2 aliphatic heterocycles. The van der Waals surface area contributed by atoms with Gasteiger partial charge in [-0.15, -0.1) is 10.2 Å². The highest BCUT2D eigenvalue weighted by molar-refractivity contribution is 5.69. The van der Waals surface area contributed by atoms with E-state index in [9.17, 15) is 18.3 Å². The summed E-state index contributed by atoms with van der Waals surface area (Å²) in [6.07, 6.45) is -0.679. The molecule has 0 unspecified atom stereocenters. The molecule has 2 N–H and O–H groups in total. The molecule has 1 saturated heterocycles. The summed E-state index contributed by atoms with van der Waals surface area (Å²) in [4.78, 5) is 6.80. The second kappa shape index (κ2) is 7.20. The smallest absolute Gasteiger partial charge is 0.416 e. The highest BCUT2D eigenvalue weighted by Crippen LogP contribution is 2.38. The first-order valence-electron chi connectivity index (χ1n) is 9.46. The van der Waals surface area contributed by atoms with Crippen molar-refractivity contribution in [1.82, 2.24) is 20.5 Å². The van der Waals surface area contributed by atoms with Crippen molar-refractivity contribution in [3.8, 4) is 17.1 Å². The van der Waals surface area contributed by atoms with Gasteiger partial charge in [0.15, 0.2) is 11.6 Å². The van der Waals surface area contributed by atoms with Gasteiger partial charge in [-0.3, -0.25) is 0 Å². The molecule has 28 heavy (non-hydrogen) atoms. The lowest BCUT2D eigenvalue weighted by molar-refractivity contribution is -0.137. The van der Waals surface area contributed by atoms with E-state index in [1.165, 1.54) is 6.92 Å². The second-order valence-electron chi connectivity index (χ2n) is 7.39. The van der Waals surface area contributed by atoms with Crippen LogP contribution in [0.2, 0.25) is 0 Å². The number of rotatable bonds is 2. The Hall–Kier alpha value is -2.42. The first kappa shape index (κ1) is 18.9. The average Bonchev–Trinajstić information content (AvgIpc) is 2.67. The fraction of sp³-hybridized carbons (Fsp3) is 0.526. The molecule has 6 nitrogen and oxygen atoms in total. The molecule has 1 aromatic carbocycles. The molecule has 0 radical (unpaired) electrons. The van der Waals surface area contributed by atoms with Crippen molar-refractivity contribution >= 4 is 5.82 Å². The number of nitrogens with zero attached hydrogens (tertiary/aromatic N) is 4. The number of phenolic OH excluding ortho intramolecular Hbond substituents is 1. The van der Waals surface area contributed by atoms with Crippen LogP contribution in [0.5, 0.6) is 5.75 Å². The van der Waals surface area contributed by atoms with Crippen molar-refractivity contribution < 1.29 is 18.3 Å². The summed E-state index contributed by atoms with van der Waals surface area (Å²) in [6, 6.07) is 2.05. The number of nitrogens with one attached hydrogen (secondary N) is 1. The minimum atomic E-state index is -4.52. The van der Waals surface area contributed by atoms with Gasteiger partial charge in [0.25, 0.3) is 0 Å². The summed E-state index contributed by atoms with van der Waals surface area (Å²) in [7, 11) is 0. The van der Waals surface area contributed by atoms with E-state index < -0.39 is 17.5 Å². The highest BCUT2D eigenvalue weighted by Gasteiger charge is 2.33. The third-order valence-electron chi connectivity index (χ3n) is 5.40. The molecule has 3 heterocycles. The fourth-order valence-electron chi connectivity index (χ4n) is 4.05. The van der Waals surface area contributed by atoms with E-state index in [4.69, 9.17) is 0 Å². The van der Waals surface area contributed by atoms with Gasteiger partial charge in [-0.2, -0.15) is 13.2 Å². The third kappa shape index (κ3) is 3.50. The first-order chi connectivity index (χ1) is 13.3. The molecule has 0 amide bonds. The monoisotopic (exact) mass is 393 g/mol. The molecule has 0 saturated carbocycles. The topological polar surface area (TPSA) is 74.2 Å². The lowest BCUT2D eigenvalue weighted by Crippen LogP contribution is -2.48. The Balaban J connectivity index is 1.70. The van der Waals surface area contributed by atoms with E-state index in [2.05, 4.69) is 25.4 Å². The van der Waals surface area contributed by atoms with Gasteiger partial charge >= 0.3 is 6.18 Å². The van der Waals surface area contributed by atoms with E-state index in [-0.39, 0.29) is 17.0 Å². The number of aryl methyl sites for hydroxylation is 2. The van der Waals surface area contributed by atoms with Crippen LogP contribution >= 0.6 is 0 Å². The summed E-state index contributed by atoms with van der Waals surface area (Å²) in [5.74, 6) is 0.414. The third-order valence-corrected chi connectivity index (χ3v) is 5.40. The summed E-state index contributed by atoms with van der Waals surface area (Å²) < 4.78 is 38.9. The second-order valence-corrected chi connectivity index (χ2v) is 7.39. The molecule has 1 fully saturated rings. The molecule has 2 aromatic rings. The molecule has 4 rings (SSSR count). The molecule has 9 heteroatoms. The Bertz CT molecular complexity index is 857. The number of aromatic nitrogens is 3. The number of alkyl halides is 3. The molecule has 1 atom stereocenters. The fourth-order valence-corrected chi connectivity index (χ4v) is 4.05. The normalized spacial score (nSPS) is 20.1. The minimum Gasteiger partial charge on any atom is -0.507 e. The molecular weight excluding hydrogens is 371 g/mol. The molecule has 0 spiro atoms. The number of phenols is 1. The Kier molecular flexibility index (Phi) is 4.86. The van der Waals surface area contributed by atoms with Crippen LogP contribution in [0.15, 0.2) is 12.1 Å². The van der Waals surface area contributed by atoms with Crippen molar-refractivity contribution in [2.24, 2.45) is 0 Å². The van der Waals surface area contributed by atoms with Gasteiger partial charge in [0.1, 0.15) is 5.75 Å². The number of hydrogen-bond donors (Lipinski definition) is 2. The van der Waals surface area contributed by atoms with Gasteiger partial charge in [0, 0.05) is 19.1 Å². The average molecular weight is 393 g/mol. The number of aromatic hydroxyl groups is 1. The number of piperidine rings is 1. The molecular formula is C19H22F3N5O. The highest BCUT2D eigenvalue weighted by atomic mass is 19.4. The van der Waals surface area contributed by atoms with Gasteiger partial charge < -0.3 is 15.3 Å². The predicted molar refractivity (Wildman–Crippen MR) is 98.2 cm³/mol. The standard InChI is InChI=1S/C19H22F3N5O/c1-11-8-12(19(20,21)22)9-15(28)16(11)17-24-14-5-3-7-27(18(14)26-25-17)13-4-2-6-23-10-13/h8-9,13,23,28H,2-7,10H2,1H3/t13-/m1/s1. The number of fused-ring (bicyclic) bond motifs is 1. The Morgan fingerprint density at radius 1 is 1.21 bits per heavy atom. The lowest BCUT2D eigenvalue weighted by atomic mass is 10.0. The maximum absolute atomic E-state index is 13.0. The van der Waals surface area contributed by atoms with Crippen LogP contribution in [-0.2, 0) is 12.6 Å². The van der Waals surface area contributed by atoms with E-state index in [1.54, 1.807) is 0 Å². The van der Waals surface area contributed by atoms with Crippen LogP contribution in [0.1, 0.15) is 36.1 Å². The van der Waals surface area contributed by atoms with E-state index >= 15 is 0 Å². The van der Waals surface area contributed by atoms with E-state index in [0.717, 1.165) is 62.9 Å². The van der Waals surface area contributed by atoms with Crippen molar-refractivity contribution in [3.63, 3.8) is 0 Å². The number of halogens is 3. The summed E-state index contributed by atoms with van der Waals surface area (Å²) in [5, 5.41) is 22.1. The number of benzene rings is 1. The van der Waals surface area contributed by atoms with Crippen LogP contribution < -0.4 is 10.2 Å². The van der Waals surface area contributed by atoms with Crippen LogP contribution in [-0.4, -0.2) is 46.0 Å². The molecule has 2 aliphatic rings. The van der Waals surface area contributed by atoms with Gasteiger partial charge in [0.2, 0.25) is 0 Å². The van der Waals surface area contributed by atoms with Crippen LogP contribution in [0.4, 0.5) is 19.0 Å². The summed E-state index contributed by atoms with van der Waals surface area (Å²) in [5.41, 5.74) is 0.339. The molecule has 150 valence electrons. The van der Waals surface area contributed by atoms with E-state index in [1.807, 2.05) is 0 Å². The van der Waals surface area contributed by atoms with Crippen LogP contribution in [0.25, 0.3) is 11.4 Å². The van der Waals surface area contributed by atoms with Crippen molar-refractivity contribution in [1.29, 1.82) is 0 Å². The zero-order valence-electron chi connectivity index (χ0n) is 15.6. The molecule has 1 aromatic heterocycles. The number of anilines is 1. The van der Waals surface area contributed by atoms with Gasteiger partial charge in [-0.25, -0.2) is 4.98 Å². The molecule has 0 aliphatic carbocycles.